The van der Waals surface area contributed by atoms with E-state index in [0.717, 1.165) is 18.5 Å². The van der Waals surface area contributed by atoms with Gasteiger partial charge in [-0.2, -0.15) is 5.10 Å². The minimum absolute atomic E-state index is 0.344. The topological polar surface area (TPSA) is 29.9 Å². The normalized spacial score (nSPS) is 10.6. The van der Waals surface area contributed by atoms with Gasteiger partial charge in [0.1, 0.15) is 5.82 Å². The summed E-state index contributed by atoms with van der Waals surface area (Å²) in [5.41, 5.74) is 1.47. The maximum atomic E-state index is 13.5. The quantitative estimate of drug-likeness (QED) is 0.895. The van der Waals surface area contributed by atoms with Crippen LogP contribution in [0.1, 0.15) is 18.9 Å². The van der Waals surface area contributed by atoms with Crippen LogP contribution in [0.4, 0.5) is 10.1 Å². The lowest BCUT2D eigenvalue weighted by atomic mass is 10.3. The smallest absolute Gasteiger partial charge is 0.147 e. The molecule has 18 heavy (non-hydrogen) atoms. The first-order valence-electron chi connectivity index (χ1n) is 5.89. The standard InChI is InChI=1S/C13H15ClFN3/c1-2-5-18-9-10(8-17-18)7-16-13-4-3-11(14)6-12(13)15/h3-4,6,8-9,16H,2,5,7H2,1H3. The molecule has 3 nitrogen and oxygen atoms in total. The predicted molar refractivity (Wildman–Crippen MR) is 71.3 cm³/mol. The third-order valence-electron chi connectivity index (χ3n) is 2.55. The Morgan fingerprint density at radius 3 is 3.00 bits per heavy atom. The first-order valence-corrected chi connectivity index (χ1v) is 6.27. The number of anilines is 1. The van der Waals surface area contributed by atoms with Crippen LogP contribution < -0.4 is 5.32 Å². The second kappa shape index (κ2) is 5.87. The molecule has 0 aliphatic carbocycles. The van der Waals surface area contributed by atoms with Gasteiger partial charge in [-0.1, -0.05) is 18.5 Å². The van der Waals surface area contributed by atoms with Crippen LogP contribution in [0.25, 0.3) is 0 Å². The number of benzene rings is 1. The fourth-order valence-electron chi connectivity index (χ4n) is 1.68. The van der Waals surface area contributed by atoms with Crippen molar-refractivity contribution in [3.8, 4) is 0 Å². The Balaban J connectivity index is 1.97. The van der Waals surface area contributed by atoms with Gasteiger partial charge >= 0.3 is 0 Å². The monoisotopic (exact) mass is 267 g/mol. The van der Waals surface area contributed by atoms with E-state index in [1.807, 2.05) is 10.9 Å². The summed E-state index contributed by atoms with van der Waals surface area (Å²) in [6.45, 7) is 3.54. The van der Waals surface area contributed by atoms with E-state index in [2.05, 4.69) is 17.3 Å². The molecule has 1 aromatic heterocycles. The van der Waals surface area contributed by atoms with Crippen molar-refractivity contribution in [1.29, 1.82) is 0 Å². The lowest BCUT2D eigenvalue weighted by molar-refractivity contribution is 0.602. The summed E-state index contributed by atoms with van der Waals surface area (Å²) in [6, 6.07) is 4.59. The van der Waals surface area contributed by atoms with Gasteiger partial charge in [0.15, 0.2) is 0 Å². The largest absolute Gasteiger partial charge is 0.378 e. The second-order valence-corrected chi connectivity index (χ2v) is 4.53. The summed E-state index contributed by atoms with van der Waals surface area (Å²) in [7, 11) is 0. The maximum Gasteiger partial charge on any atom is 0.147 e. The Morgan fingerprint density at radius 1 is 1.44 bits per heavy atom. The van der Waals surface area contributed by atoms with Crippen LogP contribution in [-0.4, -0.2) is 9.78 Å². The number of hydrogen-bond acceptors (Lipinski definition) is 2. The highest BCUT2D eigenvalue weighted by Crippen LogP contribution is 2.19. The van der Waals surface area contributed by atoms with Crippen molar-refractivity contribution in [1.82, 2.24) is 9.78 Å². The third-order valence-corrected chi connectivity index (χ3v) is 2.79. The van der Waals surface area contributed by atoms with Crippen LogP contribution in [-0.2, 0) is 13.1 Å². The lowest BCUT2D eigenvalue weighted by Crippen LogP contribution is -2.01. The maximum absolute atomic E-state index is 13.5. The molecule has 1 aromatic carbocycles. The molecule has 0 saturated heterocycles. The first kappa shape index (κ1) is 12.9. The molecule has 2 aromatic rings. The van der Waals surface area contributed by atoms with Crippen LogP contribution in [0, 0.1) is 5.82 Å². The number of nitrogens with one attached hydrogen (secondary N) is 1. The molecule has 0 aliphatic heterocycles. The third kappa shape index (κ3) is 3.23. The summed E-state index contributed by atoms with van der Waals surface area (Å²) in [5.74, 6) is -0.344. The van der Waals surface area contributed by atoms with Gasteiger partial charge in [0.2, 0.25) is 0 Å². The summed E-state index contributed by atoms with van der Waals surface area (Å²) in [5, 5.41) is 7.64. The van der Waals surface area contributed by atoms with E-state index >= 15 is 0 Å². The zero-order valence-corrected chi connectivity index (χ0v) is 10.9. The molecular formula is C13H15ClFN3. The molecule has 0 amide bonds. The zero-order chi connectivity index (χ0) is 13.0. The number of rotatable bonds is 5. The highest BCUT2D eigenvalue weighted by molar-refractivity contribution is 6.30. The number of nitrogens with zero attached hydrogens (tertiary/aromatic N) is 2. The molecule has 0 spiro atoms. The van der Waals surface area contributed by atoms with Crippen LogP contribution in [0.2, 0.25) is 5.02 Å². The van der Waals surface area contributed by atoms with Gasteiger partial charge in [-0.05, 0) is 24.6 Å². The van der Waals surface area contributed by atoms with E-state index in [1.165, 1.54) is 6.07 Å². The van der Waals surface area contributed by atoms with Crippen molar-refractivity contribution in [2.75, 3.05) is 5.32 Å². The number of hydrogen-bond donors (Lipinski definition) is 1. The molecule has 0 radical (unpaired) electrons. The van der Waals surface area contributed by atoms with E-state index in [-0.39, 0.29) is 5.82 Å². The van der Waals surface area contributed by atoms with E-state index in [0.29, 0.717) is 17.3 Å². The Kier molecular flexibility index (Phi) is 4.20. The van der Waals surface area contributed by atoms with Crippen LogP contribution in [0.15, 0.2) is 30.6 Å². The molecule has 96 valence electrons. The van der Waals surface area contributed by atoms with Gasteiger partial charge in [0, 0.05) is 29.9 Å². The summed E-state index contributed by atoms with van der Waals surface area (Å²) in [4.78, 5) is 0. The average molecular weight is 268 g/mol. The molecule has 0 aliphatic rings. The average Bonchev–Trinajstić information content (AvgIpc) is 2.76. The fourth-order valence-corrected chi connectivity index (χ4v) is 1.84. The lowest BCUT2D eigenvalue weighted by Gasteiger charge is -2.06. The van der Waals surface area contributed by atoms with E-state index < -0.39 is 0 Å². The van der Waals surface area contributed by atoms with E-state index in [1.54, 1.807) is 18.3 Å². The Morgan fingerprint density at radius 2 is 2.28 bits per heavy atom. The van der Waals surface area contributed by atoms with Gasteiger partial charge in [-0.3, -0.25) is 4.68 Å². The highest BCUT2D eigenvalue weighted by Gasteiger charge is 2.03. The SMILES string of the molecule is CCCn1cc(CNc2ccc(Cl)cc2F)cn1. The number of halogens is 2. The van der Waals surface area contributed by atoms with Crippen molar-refractivity contribution in [2.45, 2.75) is 26.4 Å². The van der Waals surface area contributed by atoms with Gasteiger partial charge in [-0.25, -0.2) is 4.39 Å². The Labute approximate surface area is 111 Å². The van der Waals surface area contributed by atoms with E-state index in [4.69, 9.17) is 11.6 Å². The molecule has 0 fully saturated rings. The molecule has 1 N–H and O–H groups in total. The molecule has 5 heteroatoms. The molecule has 0 saturated carbocycles. The highest BCUT2D eigenvalue weighted by atomic mass is 35.5. The molecule has 0 unspecified atom stereocenters. The van der Waals surface area contributed by atoms with Crippen molar-refractivity contribution in [3.05, 3.63) is 47.0 Å². The van der Waals surface area contributed by atoms with Crippen LogP contribution >= 0.6 is 11.6 Å². The van der Waals surface area contributed by atoms with Gasteiger partial charge in [-0.15, -0.1) is 0 Å². The number of aryl methyl sites for hydroxylation is 1. The minimum atomic E-state index is -0.344. The van der Waals surface area contributed by atoms with Crippen molar-refractivity contribution >= 4 is 17.3 Å². The van der Waals surface area contributed by atoms with Crippen molar-refractivity contribution in [3.63, 3.8) is 0 Å². The fraction of sp³-hybridized carbons (Fsp3) is 0.308. The molecule has 0 bridgehead atoms. The van der Waals surface area contributed by atoms with Gasteiger partial charge in [0.05, 0.1) is 11.9 Å². The van der Waals surface area contributed by atoms with Crippen LogP contribution in [0.5, 0.6) is 0 Å². The first-order chi connectivity index (χ1) is 8.69. The number of aromatic nitrogens is 2. The summed E-state index contributed by atoms with van der Waals surface area (Å²) < 4.78 is 15.4. The van der Waals surface area contributed by atoms with Crippen molar-refractivity contribution < 1.29 is 4.39 Å². The molecular weight excluding hydrogens is 253 g/mol. The van der Waals surface area contributed by atoms with Crippen molar-refractivity contribution in [2.24, 2.45) is 0 Å². The Hall–Kier alpha value is -1.55. The molecule has 0 atom stereocenters. The second-order valence-electron chi connectivity index (χ2n) is 4.09. The van der Waals surface area contributed by atoms with Gasteiger partial charge < -0.3 is 5.32 Å². The predicted octanol–water partition coefficient (Wildman–Crippen LogP) is 3.70. The summed E-state index contributed by atoms with van der Waals surface area (Å²) in [6.07, 6.45) is 4.79. The summed E-state index contributed by atoms with van der Waals surface area (Å²) >= 11 is 5.69. The zero-order valence-electron chi connectivity index (χ0n) is 10.2. The molecule has 2 rings (SSSR count). The van der Waals surface area contributed by atoms with E-state index in [9.17, 15) is 4.39 Å². The minimum Gasteiger partial charge on any atom is -0.378 e. The molecule has 1 heterocycles. The Bertz CT molecular complexity index is 525. The van der Waals surface area contributed by atoms with Gasteiger partial charge in [0.25, 0.3) is 0 Å². The van der Waals surface area contributed by atoms with Crippen LogP contribution in [0.3, 0.4) is 0 Å².